The van der Waals surface area contributed by atoms with Gasteiger partial charge >= 0.3 is 0 Å². The van der Waals surface area contributed by atoms with Crippen molar-refractivity contribution < 1.29 is 19.1 Å². The first kappa shape index (κ1) is 19.7. The Morgan fingerprint density at radius 1 is 1.19 bits per heavy atom. The summed E-state index contributed by atoms with van der Waals surface area (Å²) < 4.78 is 10.8. The van der Waals surface area contributed by atoms with Gasteiger partial charge in [-0.05, 0) is 43.4 Å². The van der Waals surface area contributed by atoms with Crippen LogP contribution in [0.2, 0.25) is 0 Å². The molecule has 6 heteroatoms. The highest BCUT2D eigenvalue weighted by molar-refractivity contribution is 5.85. The highest BCUT2D eigenvalue weighted by Gasteiger charge is 2.35. The van der Waals surface area contributed by atoms with Crippen LogP contribution in [-0.4, -0.2) is 56.7 Å². The van der Waals surface area contributed by atoms with Crippen LogP contribution >= 0.6 is 0 Å². The number of hydrogen-bond acceptors (Lipinski definition) is 4. The van der Waals surface area contributed by atoms with E-state index in [2.05, 4.69) is 17.4 Å². The zero-order chi connectivity index (χ0) is 19.1. The van der Waals surface area contributed by atoms with Crippen LogP contribution in [0.15, 0.2) is 24.3 Å². The van der Waals surface area contributed by atoms with Crippen LogP contribution in [0.3, 0.4) is 0 Å². The second-order valence-electron chi connectivity index (χ2n) is 7.52. The molecule has 0 saturated carbocycles. The van der Waals surface area contributed by atoms with E-state index >= 15 is 0 Å². The van der Waals surface area contributed by atoms with E-state index in [1.165, 1.54) is 5.56 Å². The average molecular weight is 374 g/mol. The van der Waals surface area contributed by atoms with Gasteiger partial charge in [0.25, 0.3) is 0 Å². The number of rotatable bonds is 6. The van der Waals surface area contributed by atoms with Crippen molar-refractivity contribution >= 4 is 11.8 Å². The molecule has 2 fully saturated rings. The lowest BCUT2D eigenvalue weighted by Gasteiger charge is -2.38. The molecule has 148 valence electrons. The number of likely N-dealkylation sites (tertiary alicyclic amines) is 1. The molecule has 0 aliphatic carbocycles. The molecule has 0 radical (unpaired) electrons. The van der Waals surface area contributed by atoms with Gasteiger partial charge in [0.1, 0.15) is 5.75 Å². The Morgan fingerprint density at radius 3 is 2.63 bits per heavy atom. The highest BCUT2D eigenvalue weighted by atomic mass is 16.5. The second-order valence-corrected chi connectivity index (χ2v) is 7.52. The van der Waals surface area contributed by atoms with E-state index in [9.17, 15) is 9.59 Å². The van der Waals surface area contributed by atoms with Crippen molar-refractivity contribution in [2.75, 3.05) is 40.0 Å². The van der Waals surface area contributed by atoms with Gasteiger partial charge in [-0.15, -0.1) is 0 Å². The summed E-state index contributed by atoms with van der Waals surface area (Å²) in [6, 6.07) is 8.08. The Morgan fingerprint density at radius 2 is 1.93 bits per heavy atom. The molecule has 27 heavy (non-hydrogen) atoms. The van der Waals surface area contributed by atoms with Gasteiger partial charge in [0.15, 0.2) is 0 Å². The molecule has 2 saturated heterocycles. The first-order chi connectivity index (χ1) is 13.1. The Labute approximate surface area is 161 Å². The molecule has 0 bridgehead atoms. The highest BCUT2D eigenvalue weighted by Crippen LogP contribution is 2.35. The summed E-state index contributed by atoms with van der Waals surface area (Å²) in [4.78, 5) is 26.3. The van der Waals surface area contributed by atoms with Crippen LogP contribution in [0, 0.1) is 0 Å². The van der Waals surface area contributed by atoms with Crippen LogP contribution in [0.5, 0.6) is 5.75 Å². The maximum atomic E-state index is 12.5. The topological polar surface area (TPSA) is 67.9 Å². The Balaban J connectivity index is 1.64. The van der Waals surface area contributed by atoms with E-state index in [0.717, 1.165) is 37.9 Å². The SMILES string of the molecule is COc1ccc(C2(CNC(=O)CN3CCCCCC3=O)CCOCC2)cc1. The molecule has 0 unspecified atom stereocenters. The van der Waals surface area contributed by atoms with E-state index < -0.39 is 0 Å². The van der Waals surface area contributed by atoms with Crippen molar-refractivity contribution in [3.63, 3.8) is 0 Å². The molecule has 1 aromatic rings. The number of methoxy groups -OCH3 is 1. The molecule has 2 amide bonds. The molecule has 0 aromatic heterocycles. The standard InChI is InChI=1S/C21H30N2O4/c1-26-18-8-6-17(7-9-18)21(10-13-27-14-11-21)16-22-19(24)15-23-12-4-2-3-5-20(23)25/h6-9H,2-5,10-16H2,1H3,(H,22,24). The van der Waals surface area contributed by atoms with Gasteiger partial charge in [0.05, 0.1) is 13.7 Å². The maximum Gasteiger partial charge on any atom is 0.239 e. The third-order valence-electron chi connectivity index (χ3n) is 5.78. The Hall–Kier alpha value is -2.08. The first-order valence-electron chi connectivity index (χ1n) is 9.90. The van der Waals surface area contributed by atoms with Crippen LogP contribution < -0.4 is 10.1 Å². The fraction of sp³-hybridized carbons (Fsp3) is 0.619. The normalized spacial score (nSPS) is 20.0. The van der Waals surface area contributed by atoms with E-state index in [0.29, 0.717) is 32.7 Å². The van der Waals surface area contributed by atoms with Crippen LogP contribution in [-0.2, 0) is 19.7 Å². The third-order valence-corrected chi connectivity index (χ3v) is 5.78. The predicted molar refractivity (Wildman–Crippen MR) is 103 cm³/mol. The molecule has 2 aliphatic rings. The number of nitrogens with zero attached hydrogens (tertiary/aromatic N) is 1. The fourth-order valence-corrected chi connectivity index (χ4v) is 3.98. The van der Waals surface area contributed by atoms with Crippen molar-refractivity contribution in [2.24, 2.45) is 0 Å². The van der Waals surface area contributed by atoms with Gasteiger partial charge in [0, 0.05) is 38.1 Å². The molecule has 1 N–H and O–H groups in total. The summed E-state index contributed by atoms with van der Waals surface area (Å²) >= 11 is 0. The number of amides is 2. The van der Waals surface area contributed by atoms with Gasteiger partial charge in [-0.2, -0.15) is 0 Å². The van der Waals surface area contributed by atoms with Crippen LogP contribution in [0.4, 0.5) is 0 Å². The molecule has 2 aliphatic heterocycles. The Kier molecular flexibility index (Phi) is 6.72. The molecule has 0 spiro atoms. The number of hydrogen-bond donors (Lipinski definition) is 1. The van der Waals surface area contributed by atoms with E-state index in [1.54, 1.807) is 12.0 Å². The number of ether oxygens (including phenoxy) is 2. The first-order valence-corrected chi connectivity index (χ1v) is 9.90. The lowest BCUT2D eigenvalue weighted by molar-refractivity contribution is -0.135. The zero-order valence-corrected chi connectivity index (χ0v) is 16.2. The molecule has 2 heterocycles. The largest absolute Gasteiger partial charge is 0.497 e. The molecular weight excluding hydrogens is 344 g/mol. The monoisotopic (exact) mass is 374 g/mol. The molecule has 0 atom stereocenters. The van der Waals surface area contributed by atoms with Gasteiger partial charge in [-0.3, -0.25) is 9.59 Å². The Bertz CT molecular complexity index is 638. The van der Waals surface area contributed by atoms with Gasteiger partial charge in [0.2, 0.25) is 11.8 Å². The average Bonchev–Trinajstić information content (AvgIpc) is 2.91. The van der Waals surface area contributed by atoms with Crippen molar-refractivity contribution in [3.8, 4) is 5.75 Å². The van der Waals surface area contributed by atoms with Crippen LogP contribution in [0.25, 0.3) is 0 Å². The second kappa shape index (κ2) is 9.22. The summed E-state index contributed by atoms with van der Waals surface area (Å²) in [5.41, 5.74) is 1.06. The van der Waals surface area contributed by atoms with Crippen LogP contribution in [0.1, 0.15) is 44.1 Å². The van der Waals surface area contributed by atoms with Gasteiger partial charge in [-0.25, -0.2) is 0 Å². The van der Waals surface area contributed by atoms with Crippen molar-refractivity contribution in [1.29, 1.82) is 0 Å². The zero-order valence-electron chi connectivity index (χ0n) is 16.2. The van der Waals surface area contributed by atoms with Gasteiger partial charge in [-0.1, -0.05) is 18.6 Å². The van der Waals surface area contributed by atoms with Crippen molar-refractivity contribution in [1.82, 2.24) is 10.2 Å². The molecular formula is C21H30N2O4. The molecule has 1 aromatic carbocycles. The quantitative estimate of drug-likeness (QED) is 0.829. The summed E-state index contributed by atoms with van der Waals surface area (Å²) in [6.45, 7) is 2.78. The van der Waals surface area contributed by atoms with E-state index in [4.69, 9.17) is 9.47 Å². The number of nitrogens with one attached hydrogen (secondary N) is 1. The molecule has 6 nitrogen and oxygen atoms in total. The molecule has 3 rings (SSSR count). The lowest BCUT2D eigenvalue weighted by Crippen LogP contribution is -2.47. The van der Waals surface area contributed by atoms with E-state index in [-0.39, 0.29) is 23.8 Å². The summed E-state index contributed by atoms with van der Waals surface area (Å²) in [5.74, 6) is 0.841. The summed E-state index contributed by atoms with van der Waals surface area (Å²) in [6.07, 6.45) is 5.25. The predicted octanol–water partition coefficient (Wildman–Crippen LogP) is 2.26. The number of carbonyl (C=O) groups is 2. The van der Waals surface area contributed by atoms with Crippen molar-refractivity contribution in [3.05, 3.63) is 29.8 Å². The lowest BCUT2D eigenvalue weighted by atomic mass is 9.74. The van der Waals surface area contributed by atoms with E-state index in [1.807, 2.05) is 12.1 Å². The number of carbonyl (C=O) groups excluding carboxylic acids is 2. The van der Waals surface area contributed by atoms with Crippen molar-refractivity contribution in [2.45, 2.75) is 43.9 Å². The minimum absolute atomic E-state index is 0.0790. The summed E-state index contributed by atoms with van der Waals surface area (Å²) in [7, 11) is 1.66. The smallest absolute Gasteiger partial charge is 0.239 e. The minimum Gasteiger partial charge on any atom is -0.497 e. The fourth-order valence-electron chi connectivity index (χ4n) is 3.98. The summed E-state index contributed by atoms with van der Waals surface area (Å²) in [5, 5.41) is 3.09. The third kappa shape index (κ3) is 5.01. The van der Waals surface area contributed by atoms with Gasteiger partial charge < -0.3 is 19.7 Å². The maximum absolute atomic E-state index is 12.5. The number of benzene rings is 1. The minimum atomic E-state index is -0.136.